The van der Waals surface area contributed by atoms with Gasteiger partial charge in [0.15, 0.2) is 5.82 Å². The maximum absolute atomic E-state index is 13.4. The Morgan fingerprint density at radius 3 is 2.27 bits per heavy atom. The number of ether oxygens (including phenoxy) is 2. The van der Waals surface area contributed by atoms with Crippen LogP contribution in [0.15, 0.2) is 48.8 Å². The number of benzene rings is 1. The number of nitrogens with one attached hydrogen (secondary N) is 1. The molecule has 13 heteroatoms. The summed E-state index contributed by atoms with van der Waals surface area (Å²) in [6.45, 7) is 4.98. The van der Waals surface area contributed by atoms with Gasteiger partial charge in [-0.15, -0.1) is 10.2 Å². The van der Waals surface area contributed by atoms with Gasteiger partial charge in [-0.3, -0.25) is 14.3 Å². The molecule has 0 aliphatic rings. The van der Waals surface area contributed by atoms with E-state index in [0.717, 1.165) is 5.56 Å². The average Bonchev–Trinajstić information content (AvgIpc) is 3.29. The second-order valence-electron chi connectivity index (χ2n) is 8.34. The summed E-state index contributed by atoms with van der Waals surface area (Å²) in [4.78, 5) is 4.23. The standard InChI is InChI=1S/C24H27N7O5S/c1-14-11-17(13-25-12-14)23-28-29-24(31(23)21-19(35-4)7-6-8-20(21)36-5)30-37(33,34)16(3)22(32)18-10-9-15(2)26-27-18/h6-13,16,22,32H,1-5H3,(H,29,30). The maximum atomic E-state index is 13.4. The molecule has 4 aromatic rings. The molecule has 2 N–H and O–H groups in total. The molecule has 0 aliphatic heterocycles. The number of anilines is 1. The fraction of sp³-hybridized carbons (Fsp3) is 0.292. The number of para-hydroxylation sites is 1. The lowest BCUT2D eigenvalue weighted by Crippen LogP contribution is -2.32. The van der Waals surface area contributed by atoms with E-state index in [-0.39, 0.29) is 11.6 Å². The van der Waals surface area contributed by atoms with Crippen LogP contribution in [0, 0.1) is 13.8 Å². The molecule has 0 radical (unpaired) electrons. The number of nitrogens with zero attached hydrogens (tertiary/aromatic N) is 6. The molecule has 4 rings (SSSR count). The van der Waals surface area contributed by atoms with Crippen molar-refractivity contribution in [2.75, 3.05) is 18.9 Å². The van der Waals surface area contributed by atoms with E-state index >= 15 is 0 Å². The third-order valence-corrected chi connectivity index (χ3v) is 7.41. The Hall–Kier alpha value is -4.10. The summed E-state index contributed by atoms with van der Waals surface area (Å²) in [6.07, 6.45) is 1.84. The van der Waals surface area contributed by atoms with Gasteiger partial charge in [0.25, 0.3) is 0 Å². The Balaban J connectivity index is 1.83. The van der Waals surface area contributed by atoms with Gasteiger partial charge in [-0.25, -0.2) is 8.42 Å². The molecule has 0 saturated heterocycles. The van der Waals surface area contributed by atoms with E-state index in [1.807, 2.05) is 13.0 Å². The van der Waals surface area contributed by atoms with E-state index < -0.39 is 21.4 Å². The SMILES string of the molecule is COc1cccc(OC)c1-n1c(NS(=O)(=O)C(C)C(O)c2ccc(C)nn2)nnc1-c1cncc(C)c1. The van der Waals surface area contributed by atoms with Gasteiger partial charge < -0.3 is 14.6 Å². The fourth-order valence-electron chi connectivity index (χ4n) is 3.68. The van der Waals surface area contributed by atoms with E-state index in [4.69, 9.17) is 9.47 Å². The minimum atomic E-state index is -4.21. The number of pyridine rings is 1. The van der Waals surface area contributed by atoms with Crippen molar-refractivity contribution in [3.63, 3.8) is 0 Å². The molecule has 3 aromatic heterocycles. The predicted octanol–water partition coefficient (Wildman–Crippen LogP) is 2.62. The van der Waals surface area contributed by atoms with Gasteiger partial charge >= 0.3 is 0 Å². The summed E-state index contributed by atoms with van der Waals surface area (Å²) in [6, 6.07) is 10.2. The van der Waals surface area contributed by atoms with Crippen molar-refractivity contribution < 1.29 is 23.0 Å². The lowest BCUT2D eigenvalue weighted by molar-refractivity contribution is 0.170. The minimum absolute atomic E-state index is 0.128. The van der Waals surface area contributed by atoms with E-state index in [2.05, 4.69) is 30.1 Å². The molecule has 12 nitrogen and oxygen atoms in total. The van der Waals surface area contributed by atoms with E-state index in [9.17, 15) is 13.5 Å². The summed E-state index contributed by atoms with van der Waals surface area (Å²) in [5, 5.41) is 25.7. The van der Waals surface area contributed by atoms with Gasteiger partial charge in [-0.1, -0.05) is 6.07 Å². The molecule has 0 bridgehead atoms. The Morgan fingerprint density at radius 2 is 1.68 bits per heavy atom. The Bertz CT molecular complexity index is 1480. The summed E-state index contributed by atoms with van der Waals surface area (Å²) in [7, 11) is -1.23. The lowest BCUT2D eigenvalue weighted by Gasteiger charge is -2.21. The van der Waals surface area contributed by atoms with Crippen molar-refractivity contribution in [3.05, 3.63) is 65.7 Å². The number of aryl methyl sites for hydroxylation is 2. The van der Waals surface area contributed by atoms with Crippen LogP contribution >= 0.6 is 0 Å². The molecule has 0 amide bonds. The van der Waals surface area contributed by atoms with Crippen molar-refractivity contribution in [2.24, 2.45) is 0 Å². The summed E-state index contributed by atoms with van der Waals surface area (Å²) in [5.74, 6) is 0.955. The third-order valence-electron chi connectivity index (χ3n) is 5.71. The van der Waals surface area contributed by atoms with Crippen LogP contribution in [-0.4, -0.2) is 62.9 Å². The lowest BCUT2D eigenvalue weighted by atomic mass is 10.2. The summed E-state index contributed by atoms with van der Waals surface area (Å²) < 4.78 is 41.9. The number of aromatic nitrogens is 6. The maximum Gasteiger partial charge on any atom is 0.243 e. The van der Waals surface area contributed by atoms with Crippen LogP contribution in [-0.2, 0) is 10.0 Å². The largest absolute Gasteiger partial charge is 0.494 e. The second-order valence-corrected chi connectivity index (χ2v) is 10.4. The van der Waals surface area contributed by atoms with Gasteiger partial charge in [0.1, 0.15) is 28.5 Å². The Labute approximate surface area is 214 Å². The van der Waals surface area contributed by atoms with E-state index in [1.165, 1.54) is 31.8 Å². The Morgan fingerprint density at radius 1 is 0.973 bits per heavy atom. The number of rotatable bonds is 9. The van der Waals surface area contributed by atoms with Crippen LogP contribution < -0.4 is 14.2 Å². The van der Waals surface area contributed by atoms with Crippen molar-refractivity contribution in [1.29, 1.82) is 0 Å². The van der Waals surface area contributed by atoms with Gasteiger partial charge in [-0.05, 0) is 56.7 Å². The molecule has 0 spiro atoms. The first kappa shape index (κ1) is 26.0. The molecule has 2 atom stereocenters. The molecule has 0 fully saturated rings. The van der Waals surface area contributed by atoms with Crippen LogP contribution in [0.25, 0.3) is 17.1 Å². The first-order chi connectivity index (χ1) is 17.7. The number of sulfonamides is 1. The summed E-state index contributed by atoms with van der Waals surface area (Å²) in [5.41, 5.74) is 2.61. The zero-order chi connectivity index (χ0) is 26.7. The summed E-state index contributed by atoms with van der Waals surface area (Å²) >= 11 is 0. The van der Waals surface area contributed by atoms with Crippen LogP contribution in [0.2, 0.25) is 0 Å². The van der Waals surface area contributed by atoms with Gasteiger partial charge in [0, 0.05) is 18.0 Å². The molecule has 3 heterocycles. The number of hydrogen-bond donors (Lipinski definition) is 2. The van der Waals surface area contributed by atoms with Gasteiger partial charge in [0.2, 0.25) is 16.0 Å². The van der Waals surface area contributed by atoms with Crippen molar-refractivity contribution >= 4 is 16.0 Å². The van der Waals surface area contributed by atoms with E-state index in [1.54, 1.807) is 43.6 Å². The van der Waals surface area contributed by atoms with Crippen molar-refractivity contribution in [2.45, 2.75) is 32.1 Å². The molecule has 194 valence electrons. The van der Waals surface area contributed by atoms with Crippen LogP contribution in [0.3, 0.4) is 0 Å². The number of hydrogen-bond acceptors (Lipinski definition) is 10. The fourth-order valence-corrected chi connectivity index (χ4v) is 4.73. The third kappa shape index (κ3) is 5.22. The Kier molecular flexibility index (Phi) is 7.36. The smallest absolute Gasteiger partial charge is 0.243 e. The van der Waals surface area contributed by atoms with Crippen molar-refractivity contribution in [1.82, 2.24) is 29.9 Å². The molecule has 2 unspecified atom stereocenters. The van der Waals surface area contributed by atoms with Crippen LogP contribution in [0.5, 0.6) is 11.5 Å². The molecular weight excluding hydrogens is 498 g/mol. The molecule has 0 aliphatic carbocycles. The first-order valence-corrected chi connectivity index (χ1v) is 12.8. The molecular formula is C24H27N7O5S. The monoisotopic (exact) mass is 525 g/mol. The highest BCUT2D eigenvalue weighted by molar-refractivity contribution is 7.93. The minimum Gasteiger partial charge on any atom is -0.494 e. The average molecular weight is 526 g/mol. The predicted molar refractivity (Wildman–Crippen MR) is 136 cm³/mol. The highest BCUT2D eigenvalue weighted by atomic mass is 32.2. The highest BCUT2D eigenvalue weighted by Gasteiger charge is 2.33. The number of aliphatic hydroxyl groups is 1. The van der Waals surface area contributed by atoms with Gasteiger partial charge in [-0.2, -0.15) is 10.2 Å². The molecule has 37 heavy (non-hydrogen) atoms. The zero-order valence-electron chi connectivity index (χ0n) is 20.9. The zero-order valence-corrected chi connectivity index (χ0v) is 21.8. The highest BCUT2D eigenvalue weighted by Crippen LogP contribution is 2.38. The molecule has 1 aromatic carbocycles. The normalized spacial score (nSPS) is 13.1. The first-order valence-electron chi connectivity index (χ1n) is 11.2. The van der Waals surface area contributed by atoms with Crippen LogP contribution in [0.1, 0.15) is 30.0 Å². The quantitative estimate of drug-likeness (QED) is 0.333. The number of methoxy groups -OCH3 is 2. The van der Waals surface area contributed by atoms with Crippen LogP contribution in [0.4, 0.5) is 5.95 Å². The van der Waals surface area contributed by atoms with Crippen molar-refractivity contribution in [3.8, 4) is 28.6 Å². The number of aliphatic hydroxyl groups excluding tert-OH is 1. The molecule has 0 saturated carbocycles. The topological polar surface area (TPSA) is 154 Å². The van der Waals surface area contributed by atoms with E-state index in [0.29, 0.717) is 34.3 Å². The van der Waals surface area contributed by atoms with Gasteiger partial charge in [0.05, 0.1) is 25.6 Å². The second kappa shape index (κ2) is 10.5.